The van der Waals surface area contributed by atoms with Gasteiger partial charge in [0, 0.05) is 62.2 Å². The summed E-state index contributed by atoms with van der Waals surface area (Å²) < 4.78 is 48.5. The van der Waals surface area contributed by atoms with Gasteiger partial charge in [-0.1, -0.05) is 66.2 Å². The van der Waals surface area contributed by atoms with Crippen LogP contribution in [0, 0.1) is 6.92 Å². The molecule has 0 saturated carbocycles. The second-order valence-electron chi connectivity index (χ2n) is 10.4. The first kappa shape index (κ1) is 27.9. The number of hydrogen-bond donors (Lipinski definition) is 1. The molecule has 1 atom stereocenters. The summed E-state index contributed by atoms with van der Waals surface area (Å²) >= 11 is 0. The van der Waals surface area contributed by atoms with Gasteiger partial charge in [-0.2, -0.15) is 13.2 Å². The lowest BCUT2D eigenvalue weighted by Gasteiger charge is -2.26. The zero-order valence-electron chi connectivity index (χ0n) is 22.6. The zero-order chi connectivity index (χ0) is 28.1. The molecule has 1 N–H and O–H groups in total. The van der Waals surface area contributed by atoms with Crippen LogP contribution in [0.15, 0.2) is 79.0 Å². The maximum Gasteiger partial charge on any atom is 0.416 e. The van der Waals surface area contributed by atoms with Crippen LogP contribution in [-0.2, 0) is 22.3 Å². The fraction of sp³-hybridized carbons (Fsp3) is 0.344. The second-order valence-corrected chi connectivity index (χ2v) is 10.4. The molecule has 1 unspecified atom stereocenters. The van der Waals surface area contributed by atoms with Crippen molar-refractivity contribution in [3.8, 4) is 0 Å². The van der Waals surface area contributed by atoms with E-state index >= 15 is 0 Å². The van der Waals surface area contributed by atoms with Crippen LogP contribution in [0.5, 0.6) is 0 Å². The van der Waals surface area contributed by atoms with Gasteiger partial charge in [0.1, 0.15) is 0 Å². The summed E-state index contributed by atoms with van der Waals surface area (Å²) in [4.78, 5) is 15.4. The molecule has 0 radical (unpaired) electrons. The Morgan fingerprint density at radius 2 is 1.75 bits per heavy atom. The van der Waals surface area contributed by atoms with Gasteiger partial charge in [-0.3, -0.25) is 9.69 Å². The summed E-state index contributed by atoms with van der Waals surface area (Å²) in [6.45, 7) is 6.84. The predicted octanol–water partition coefficient (Wildman–Crippen LogP) is 5.99. The molecule has 40 heavy (non-hydrogen) atoms. The minimum Gasteiger partial charge on any atom is -0.379 e. The maximum absolute atomic E-state index is 13.7. The van der Waals surface area contributed by atoms with E-state index in [0.717, 1.165) is 41.2 Å². The van der Waals surface area contributed by atoms with Crippen molar-refractivity contribution in [3.63, 3.8) is 0 Å². The molecule has 3 aromatic carbocycles. The normalized spacial score (nSPS) is 15.3. The number of amides is 1. The molecule has 1 fully saturated rings. The molecule has 5 nitrogen and oxygen atoms in total. The zero-order valence-corrected chi connectivity index (χ0v) is 22.6. The van der Waals surface area contributed by atoms with E-state index in [-0.39, 0.29) is 12.3 Å². The summed E-state index contributed by atoms with van der Waals surface area (Å²) in [7, 11) is 0. The minimum atomic E-state index is -4.47. The molecular formula is C32H34F3N3O2. The molecule has 8 heteroatoms. The second kappa shape index (κ2) is 12.3. The number of rotatable bonds is 9. The van der Waals surface area contributed by atoms with Crippen LogP contribution in [0.3, 0.4) is 0 Å². The van der Waals surface area contributed by atoms with Crippen LogP contribution in [0.4, 0.5) is 13.2 Å². The number of fused-ring (bicyclic) bond motifs is 1. The fourth-order valence-electron chi connectivity index (χ4n) is 5.35. The highest BCUT2D eigenvalue weighted by Gasteiger charge is 2.32. The lowest BCUT2D eigenvalue weighted by atomic mass is 9.87. The van der Waals surface area contributed by atoms with Gasteiger partial charge in [0.15, 0.2) is 0 Å². The average molecular weight is 550 g/mol. The number of aromatic nitrogens is 1. The highest BCUT2D eigenvalue weighted by atomic mass is 19.4. The molecule has 1 saturated heterocycles. The molecule has 2 heterocycles. The van der Waals surface area contributed by atoms with Crippen molar-refractivity contribution in [1.29, 1.82) is 0 Å². The van der Waals surface area contributed by atoms with Crippen LogP contribution in [-0.4, -0.2) is 54.8 Å². The van der Waals surface area contributed by atoms with Crippen LogP contribution in [0.2, 0.25) is 0 Å². The molecule has 0 bridgehead atoms. The minimum absolute atomic E-state index is 0.0446. The number of carbonyl (C=O) groups is 1. The Hall–Kier alpha value is -3.62. The number of benzene rings is 3. The number of nitrogens with one attached hydrogen (secondary N) is 1. The summed E-state index contributed by atoms with van der Waals surface area (Å²) in [5.41, 5.74) is 3.86. The molecule has 0 spiro atoms. The van der Waals surface area contributed by atoms with Crippen molar-refractivity contribution in [2.24, 2.45) is 0 Å². The Morgan fingerprint density at radius 3 is 2.50 bits per heavy atom. The monoisotopic (exact) mass is 549 g/mol. The van der Waals surface area contributed by atoms with Gasteiger partial charge in [0.05, 0.1) is 18.8 Å². The van der Waals surface area contributed by atoms with E-state index in [0.29, 0.717) is 38.4 Å². The number of alkyl halides is 3. The van der Waals surface area contributed by atoms with Gasteiger partial charge < -0.3 is 14.6 Å². The predicted molar refractivity (Wildman–Crippen MR) is 150 cm³/mol. The van der Waals surface area contributed by atoms with Crippen molar-refractivity contribution in [1.82, 2.24) is 14.8 Å². The van der Waals surface area contributed by atoms with E-state index in [1.165, 1.54) is 17.7 Å². The summed E-state index contributed by atoms with van der Waals surface area (Å²) in [6, 6.07) is 21.5. The summed E-state index contributed by atoms with van der Waals surface area (Å²) in [5.74, 6) is -0.735. The Kier molecular flexibility index (Phi) is 8.57. The fourth-order valence-corrected chi connectivity index (χ4v) is 5.35. The maximum atomic E-state index is 13.7. The van der Waals surface area contributed by atoms with Gasteiger partial charge in [-0.15, -0.1) is 0 Å². The number of para-hydroxylation sites is 1. The first-order chi connectivity index (χ1) is 19.3. The van der Waals surface area contributed by atoms with E-state index in [1.54, 1.807) is 6.07 Å². The van der Waals surface area contributed by atoms with E-state index in [1.807, 2.05) is 37.4 Å². The van der Waals surface area contributed by atoms with E-state index in [2.05, 4.69) is 39.0 Å². The highest BCUT2D eigenvalue weighted by molar-refractivity contribution is 5.86. The van der Waals surface area contributed by atoms with E-state index in [9.17, 15) is 18.0 Å². The third-order valence-electron chi connectivity index (χ3n) is 7.53. The van der Waals surface area contributed by atoms with Crippen molar-refractivity contribution in [3.05, 3.63) is 107 Å². The molecule has 1 aliphatic rings. The van der Waals surface area contributed by atoms with Crippen LogP contribution in [0.1, 0.15) is 40.2 Å². The standard InChI is InChI=1S/C32H34F3N3O2/c1-23-9-11-24(12-10-23)21-38-22-29(27-7-2-3-8-30(27)38)28(25-5-4-6-26(19-25)32(33,34)35)20-31(39)36-13-14-37-15-17-40-18-16-37/h2-12,19,22,28H,13-18,20-21H2,1H3,(H,36,39). The molecule has 1 aromatic heterocycles. The molecule has 0 aliphatic carbocycles. The number of hydrogen-bond acceptors (Lipinski definition) is 3. The number of nitrogens with zero attached hydrogens (tertiary/aromatic N) is 2. The largest absolute Gasteiger partial charge is 0.416 e. The van der Waals surface area contributed by atoms with Crippen molar-refractivity contribution < 1.29 is 22.7 Å². The Morgan fingerprint density at radius 1 is 1.00 bits per heavy atom. The van der Waals surface area contributed by atoms with Crippen molar-refractivity contribution >= 4 is 16.8 Å². The number of carbonyl (C=O) groups excluding carboxylic acids is 1. The van der Waals surface area contributed by atoms with Crippen LogP contribution >= 0.6 is 0 Å². The SMILES string of the molecule is Cc1ccc(Cn2cc(C(CC(=O)NCCN3CCOCC3)c3cccc(C(F)(F)F)c3)c3ccccc32)cc1. The molecule has 1 amide bonds. The van der Waals surface area contributed by atoms with Crippen molar-refractivity contribution in [2.45, 2.75) is 32.0 Å². The molecular weight excluding hydrogens is 515 g/mol. The van der Waals surface area contributed by atoms with Gasteiger partial charge in [0.25, 0.3) is 0 Å². The highest BCUT2D eigenvalue weighted by Crippen LogP contribution is 2.38. The van der Waals surface area contributed by atoms with Crippen LogP contribution < -0.4 is 5.32 Å². The quantitative estimate of drug-likeness (QED) is 0.279. The van der Waals surface area contributed by atoms with Gasteiger partial charge >= 0.3 is 6.18 Å². The summed E-state index contributed by atoms with van der Waals surface area (Å²) in [5, 5.41) is 3.92. The third-order valence-corrected chi connectivity index (χ3v) is 7.53. The van der Waals surface area contributed by atoms with E-state index < -0.39 is 17.7 Å². The molecule has 4 aromatic rings. The lowest BCUT2D eigenvalue weighted by Crippen LogP contribution is -2.41. The Bertz CT molecular complexity index is 1440. The van der Waals surface area contributed by atoms with Crippen molar-refractivity contribution in [2.75, 3.05) is 39.4 Å². The van der Waals surface area contributed by atoms with E-state index in [4.69, 9.17) is 4.74 Å². The first-order valence-electron chi connectivity index (χ1n) is 13.7. The third kappa shape index (κ3) is 6.74. The van der Waals surface area contributed by atoms with Gasteiger partial charge in [-0.05, 0) is 35.7 Å². The van der Waals surface area contributed by atoms with Gasteiger partial charge in [-0.25, -0.2) is 0 Å². The number of ether oxygens (including phenoxy) is 1. The van der Waals surface area contributed by atoms with Crippen LogP contribution in [0.25, 0.3) is 10.9 Å². The number of morpholine rings is 1. The Balaban J connectivity index is 1.46. The number of halogens is 3. The average Bonchev–Trinajstić information content (AvgIpc) is 3.31. The van der Waals surface area contributed by atoms with Gasteiger partial charge in [0.2, 0.25) is 5.91 Å². The topological polar surface area (TPSA) is 46.5 Å². The molecule has 1 aliphatic heterocycles. The smallest absolute Gasteiger partial charge is 0.379 e. The lowest BCUT2D eigenvalue weighted by molar-refractivity contribution is -0.137. The number of aryl methyl sites for hydroxylation is 1. The first-order valence-corrected chi connectivity index (χ1v) is 13.7. The summed E-state index contributed by atoms with van der Waals surface area (Å²) in [6.07, 6.45) is -2.43. The molecule has 210 valence electrons. The Labute approximate surface area is 232 Å². The molecule has 5 rings (SSSR count).